The number of sulfonamides is 1. The number of carbonyl (C=O) groups excluding carboxylic acids is 1. The van der Waals surface area contributed by atoms with Crippen molar-refractivity contribution in [2.24, 2.45) is 5.73 Å². The van der Waals surface area contributed by atoms with Crippen LogP contribution in [0.2, 0.25) is 0 Å². The predicted molar refractivity (Wildman–Crippen MR) is 104 cm³/mol. The summed E-state index contributed by atoms with van der Waals surface area (Å²) in [6.07, 6.45) is 2.50. The first-order chi connectivity index (χ1) is 12.8. The van der Waals surface area contributed by atoms with Crippen LogP contribution in [0.25, 0.3) is 11.3 Å². The van der Waals surface area contributed by atoms with Gasteiger partial charge in [0.2, 0.25) is 15.9 Å². The van der Waals surface area contributed by atoms with E-state index in [2.05, 4.69) is 20.0 Å². The quantitative estimate of drug-likeness (QED) is 0.600. The molecule has 1 heterocycles. The molecule has 0 spiro atoms. The molecule has 0 atom stereocenters. The summed E-state index contributed by atoms with van der Waals surface area (Å²) in [5.41, 5.74) is 8.18. The van der Waals surface area contributed by atoms with E-state index in [1.807, 2.05) is 6.07 Å². The van der Waals surface area contributed by atoms with E-state index in [1.165, 1.54) is 6.33 Å². The minimum atomic E-state index is -3.36. The van der Waals surface area contributed by atoms with Crippen LogP contribution >= 0.6 is 0 Å². The summed E-state index contributed by atoms with van der Waals surface area (Å²) >= 11 is 0. The summed E-state index contributed by atoms with van der Waals surface area (Å²) in [5.74, 6) is 0.0572. The Kier molecular flexibility index (Phi) is 5.04. The van der Waals surface area contributed by atoms with Crippen molar-refractivity contribution in [3.05, 3.63) is 66.5 Å². The second-order valence-corrected chi connectivity index (χ2v) is 7.56. The van der Waals surface area contributed by atoms with Crippen molar-refractivity contribution in [1.29, 1.82) is 0 Å². The normalized spacial score (nSPS) is 11.0. The maximum absolute atomic E-state index is 11.4. The van der Waals surface area contributed by atoms with E-state index in [4.69, 9.17) is 5.73 Å². The molecule has 0 fully saturated rings. The molecule has 0 unspecified atom stereocenters. The molecule has 1 amide bonds. The van der Waals surface area contributed by atoms with Crippen LogP contribution in [0.3, 0.4) is 0 Å². The van der Waals surface area contributed by atoms with E-state index in [1.54, 1.807) is 48.5 Å². The number of hydrogen-bond acceptors (Lipinski definition) is 6. The summed E-state index contributed by atoms with van der Waals surface area (Å²) < 4.78 is 25.2. The van der Waals surface area contributed by atoms with Crippen molar-refractivity contribution in [2.45, 2.75) is 0 Å². The summed E-state index contributed by atoms with van der Waals surface area (Å²) in [6, 6.07) is 15.3. The SMILES string of the molecule is CS(=O)(=O)Nc1cccc(-c2cc(Nc3ccc(C(N)=O)cc3)ncn2)c1. The first kappa shape index (κ1) is 18.3. The molecule has 0 saturated heterocycles. The van der Waals surface area contributed by atoms with Gasteiger partial charge in [0.1, 0.15) is 12.1 Å². The maximum atomic E-state index is 11.4. The molecule has 9 heteroatoms. The highest BCUT2D eigenvalue weighted by molar-refractivity contribution is 7.92. The third-order valence-corrected chi connectivity index (χ3v) is 4.18. The van der Waals surface area contributed by atoms with Crippen LogP contribution in [0.5, 0.6) is 0 Å². The van der Waals surface area contributed by atoms with Gasteiger partial charge in [0, 0.05) is 28.6 Å². The number of primary amides is 1. The van der Waals surface area contributed by atoms with Gasteiger partial charge in [0.15, 0.2) is 0 Å². The molecule has 0 aliphatic heterocycles. The fourth-order valence-corrected chi connectivity index (χ4v) is 2.96. The number of benzene rings is 2. The molecule has 138 valence electrons. The molecule has 0 aliphatic rings. The lowest BCUT2D eigenvalue weighted by atomic mass is 10.1. The summed E-state index contributed by atoms with van der Waals surface area (Å²) in [4.78, 5) is 19.5. The van der Waals surface area contributed by atoms with Gasteiger partial charge >= 0.3 is 0 Å². The second-order valence-electron chi connectivity index (χ2n) is 5.81. The first-order valence-electron chi connectivity index (χ1n) is 7.87. The average molecular weight is 383 g/mol. The largest absolute Gasteiger partial charge is 0.366 e. The van der Waals surface area contributed by atoms with Gasteiger partial charge in [0.25, 0.3) is 0 Å². The molecule has 2 aromatic carbocycles. The molecule has 0 aliphatic carbocycles. The average Bonchev–Trinajstić information content (AvgIpc) is 2.61. The number of amides is 1. The van der Waals surface area contributed by atoms with E-state index in [0.717, 1.165) is 17.5 Å². The van der Waals surface area contributed by atoms with E-state index in [9.17, 15) is 13.2 Å². The highest BCUT2D eigenvalue weighted by Gasteiger charge is 2.07. The van der Waals surface area contributed by atoms with Gasteiger partial charge in [-0.1, -0.05) is 12.1 Å². The van der Waals surface area contributed by atoms with Crippen molar-refractivity contribution >= 4 is 33.1 Å². The summed E-state index contributed by atoms with van der Waals surface area (Å²) in [5, 5.41) is 3.12. The highest BCUT2D eigenvalue weighted by atomic mass is 32.2. The van der Waals surface area contributed by atoms with Gasteiger partial charge in [0.05, 0.1) is 11.9 Å². The van der Waals surface area contributed by atoms with Gasteiger partial charge in [-0.2, -0.15) is 0 Å². The molecule has 3 rings (SSSR count). The van der Waals surface area contributed by atoms with Gasteiger partial charge < -0.3 is 11.1 Å². The molecule has 4 N–H and O–H groups in total. The van der Waals surface area contributed by atoms with Crippen LogP contribution in [0.15, 0.2) is 60.9 Å². The smallest absolute Gasteiger partial charge is 0.248 e. The zero-order valence-electron chi connectivity index (χ0n) is 14.4. The monoisotopic (exact) mass is 383 g/mol. The van der Waals surface area contributed by atoms with E-state index < -0.39 is 15.9 Å². The number of rotatable bonds is 6. The number of aromatic nitrogens is 2. The lowest BCUT2D eigenvalue weighted by Crippen LogP contribution is -2.10. The zero-order chi connectivity index (χ0) is 19.4. The number of carbonyl (C=O) groups is 1. The van der Waals surface area contributed by atoms with Crippen LogP contribution in [0, 0.1) is 0 Å². The fourth-order valence-electron chi connectivity index (χ4n) is 2.41. The summed E-state index contributed by atoms with van der Waals surface area (Å²) in [7, 11) is -3.36. The zero-order valence-corrected chi connectivity index (χ0v) is 15.2. The Morgan fingerprint density at radius 2 is 1.74 bits per heavy atom. The Morgan fingerprint density at radius 1 is 1.00 bits per heavy atom. The van der Waals surface area contributed by atoms with E-state index in [-0.39, 0.29) is 0 Å². The maximum Gasteiger partial charge on any atom is 0.248 e. The molecule has 0 saturated carbocycles. The van der Waals surface area contributed by atoms with Crippen LogP contribution in [-0.4, -0.2) is 30.5 Å². The van der Waals surface area contributed by atoms with Crippen molar-refractivity contribution in [1.82, 2.24) is 9.97 Å². The third-order valence-electron chi connectivity index (χ3n) is 3.57. The first-order valence-corrected chi connectivity index (χ1v) is 9.76. The molecule has 8 nitrogen and oxygen atoms in total. The van der Waals surface area contributed by atoms with E-state index in [0.29, 0.717) is 22.8 Å². The third kappa shape index (κ3) is 5.02. The van der Waals surface area contributed by atoms with Crippen LogP contribution < -0.4 is 15.8 Å². The predicted octanol–water partition coefficient (Wildman–Crippen LogP) is 2.36. The van der Waals surface area contributed by atoms with Gasteiger partial charge in [-0.25, -0.2) is 18.4 Å². The molecular formula is C18H17N5O3S. The Labute approximate surface area is 156 Å². The van der Waals surface area contributed by atoms with Gasteiger partial charge in [-0.3, -0.25) is 9.52 Å². The topological polar surface area (TPSA) is 127 Å². The molecule has 0 bridgehead atoms. The minimum Gasteiger partial charge on any atom is -0.366 e. The number of anilines is 3. The molecule has 3 aromatic rings. The van der Waals surface area contributed by atoms with Crippen molar-refractivity contribution in [3.63, 3.8) is 0 Å². The van der Waals surface area contributed by atoms with E-state index >= 15 is 0 Å². The number of hydrogen-bond donors (Lipinski definition) is 3. The Hall–Kier alpha value is -3.46. The molecular weight excluding hydrogens is 366 g/mol. The standard InChI is InChI=1S/C18H17N5O3S/c1-27(25,26)23-15-4-2-3-13(9-15)16-10-17(21-11-20-16)22-14-7-5-12(6-8-14)18(19)24/h2-11,23H,1H3,(H2,19,24)(H,20,21,22). The Bertz CT molecular complexity index is 1080. The van der Waals surface area contributed by atoms with Crippen LogP contribution in [0.1, 0.15) is 10.4 Å². The van der Waals surface area contributed by atoms with Gasteiger partial charge in [-0.05, 0) is 36.4 Å². The molecule has 27 heavy (non-hydrogen) atoms. The highest BCUT2D eigenvalue weighted by Crippen LogP contribution is 2.24. The number of nitrogens with one attached hydrogen (secondary N) is 2. The fraction of sp³-hybridized carbons (Fsp3) is 0.0556. The molecule has 0 radical (unpaired) electrons. The Balaban J connectivity index is 1.83. The van der Waals surface area contributed by atoms with Crippen LogP contribution in [0.4, 0.5) is 17.2 Å². The lowest BCUT2D eigenvalue weighted by Gasteiger charge is -2.09. The van der Waals surface area contributed by atoms with Crippen LogP contribution in [-0.2, 0) is 10.0 Å². The van der Waals surface area contributed by atoms with Crippen molar-refractivity contribution < 1.29 is 13.2 Å². The molecule has 1 aromatic heterocycles. The van der Waals surface area contributed by atoms with Crippen molar-refractivity contribution in [2.75, 3.05) is 16.3 Å². The van der Waals surface area contributed by atoms with Crippen molar-refractivity contribution in [3.8, 4) is 11.3 Å². The minimum absolute atomic E-state index is 0.416. The number of nitrogens with two attached hydrogens (primary N) is 1. The number of nitrogens with zero attached hydrogens (tertiary/aromatic N) is 2. The second kappa shape index (κ2) is 7.42. The lowest BCUT2D eigenvalue weighted by molar-refractivity contribution is 0.100. The van der Waals surface area contributed by atoms with Gasteiger partial charge in [-0.15, -0.1) is 0 Å². The summed E-state index contributed by atoms with van der Waals surface area (Å²) in [6.45, 7) is 0. The Morgan fingerprint density at radius 3 is 2.41 bits per heavy atom.